The first-order chi connectivity index (χ1) is 12.3. The van der Waals surface area contributed by atoms with Crippen LogP contribution in [-0.2, 0) is 25.7 Å². The van der Waals surface area contributed by atoms with Crippen LogP contribution in [0.3, 0.4) is 0 Å². The van der Waals surface area contributed by atoms with E-state index in [1.165, 1.54) is 7.11 Å². The standard InChI is InChI=1S/C19H28N2O5/c1-12(2)15(17(22)20-16(13(3)4)18(23)25-5)21-19(24)26-11-14-9-7-6-8-10-14/h6-10,12-13,15-16H,11H2,1-5H3,(H,20,22)(H,21,24)/t15-,16-/m0/s1. The van der Waals surface area contributed by atoms with Crippen LogP contribution < -0.4 is 10.6 Å². The molecule has 1 aromatic rings. The molecule has 0 heterocycles. The average molecular weight is 364 g/mol. The highest BCUT2D eigenvalue weighted by molar-refractivity contribution is 5.89. The number of carbonyl (C=O) groups is 3. The van der Waals surface area contributed by atoms with Crippen molar-refractivity contribution in [3.8, 4) is 0 Å². The third-order valence-corrected chi connectivity index (χ3v) is 3.85. The number of nitrogens with one attached hydrogen (secondary N) is 2. The summed E-state index contributed by atoms with van der Waals surface area (Å²) in [5.74, 6) is -1.32. The second-order valence-electron chi connectivity index (χ2n) is 6.68. The topological polar surface area (TPSA) is 93.7 Å². The number of rotatable bonds is 8. The Morgan fingerprint density at radius 1 is 0.923 bits per heavy atom. The van der Waals surface area contributed by atoms with E-state index in [-0.39, 0.29) is 18.4 Å². The molecule has 0 spiro atoms. The molecule has 144 valence electrons. The van der Waals surface area contributed by atoms with Crippen LogP contribution in [0, 0.1) is 11.8 Å². The molecule has 0 saturated carbocycles. The lowest BCUT2D eigenvalue weighted by Crippen LogP contribution is -2.55. The molecule has 7 heteroatoms. The summed E-state index contributed by atoms with van der Waals surface area (Å²) in [5.41, 5.74) is 0.846. The van der Waals surface area contributed by atoms with Gasteiger partial charge in [-0.15, -0.1) is 0 Å². The van der Waals surface area contributed by atoms with Gasteiger partial charge >= 0.3 is 12.1 Å². The molecule has 1 rings (SSSR count). The normalized spacial score (nSPS) is 13.0. The Balaban J connectivity index is 2.67. The van der Waals surface area contributed by atoms with Crippen LogP contribution >= 0.6 is 0 Å². The van der Waals surface area contributed by atoms with Crippen molar-refractivity contribution in [3.63, 3.8) is 0 Å². The molecule has 0 aromatic heterocycles. The maximum atomic E-state index is 12.5. The van der Waals surface area contributed by atoms with E-state index < -0.39 is 30.1 Å². The van der Waals surface area contributed by atoms with Crippen LogP contribution in [0.4, 0.5) is 4.79 Å². The number of esters is 1. The van der Waals surface area contributed by atoms with Crippen LogP contribution in [0.15, 0.2) is 30.3 Å². The molecule has 1 aromatic carbocycles. The van der Waals surface area contributed by atoms with Gasteiger partial charge in [0.05, 0.1) is 7.11 Å². The lowest BCUT2D eigenvalue weighted by molar-refractivity contribution is -0.146. The monoisotopic (exact) mass is 364 g/mol. The van der Waals surface area contributed by atoms with Crippen LogP contribution in [0.5, 0.6) is 0 Å². The lowest BCUT2D eigenvalue weighted by atomic mass is 10.0. The van der Waals surface area contributed by atoms with Crippen molar-refractivity contribution in [2.45, 2.75) is 46.4 Å². The first-order valence-corrected chi connectivity index (χ1v) is 8.61. The van der Waals surface area contributed by atoms with Crippen LogP contribution in [0.25, 0.3) is 0 Å². The summed E-state index contributed by atoms with van der Waals surface area (Å²) in [5, 5.41) is 5.21. The van der Waals surface area contributed by atoms with Crippen molar-refractivity contribution in [1.29, 1.82) is 0 Å². The second-order valence-corrected chi connectivity index (χ2v) is 6.68. The van der Waals surface area contributed by atoms with Crippen molar-refractivity contribution in [2.75, 3.05) is 7.11 Å². The maximum Gasteiger partial charge on any atom is 0.408 e. The van der Waals surface area contributed by atoms with Crippen molar-refractivity contribution in [3.05, 3.63) is 35.9 Å². The average Bonchev–Trinajstić information content (AvgIpc) is 2.61. The van der Waals surface area contributed by atoms with E-state index in [1.807, 2.05) is 30.3 Å². The van der Waals surface area contributed by atoms with Gasteiger partial charge in [0.15, 0.2) is 0 Å². The molecular weight excluding hydrogens is 336 g/mol. The highest BCUT2D eigenvalue weighted by Crippen LogP contribution is 2.08. The number of benzene rings is 1. The Kier molecular flexibility index (Phi) is 8.61. The quantitative estimate of drug-likeness (QED) is 0.690. The van der Waals surface area contributed by atoms with Crippen molar-refractivity contribution in [2.24, 2.45) is 11.8 Å². The summed E-state index contributed by atoms with van der Waals surface area (Å²) in [4.78, 5) is 36.4. The van der Waals surface area contributed by atoms with Gasteiger partial charge in [-0.25, -0.2) is 9.59 Å². The second kappa shape index (κ2) is 10.4. The number of alkyl carbamates (subject to hydrolysis) is 1. The zero-order valence-corrected chi connectivity index (χ0v) is 15.9. The van der Waals surface area contributed by atoms with Gasteiger partial charge in [0.25, 0.3) is 0 Å². The fraction of sp³-hybridized carbons (Fsp3) is 0.526. The number of hydrogen-bond acceptors (Lipinski definition) is 5. The maximum absolute atomic E-state index is 12.5. The molecule has 0 fully saturated rings. The molecule has 0 aliphatic heterocycles. The number of amides is 2. The number of carbonyl (C=O) groups excluding carboxylic acids is 3. The zero-order chi connectivity index (χ0) is 19.7. The first kappa shape index (κ1) is 21.5. The molecule has 0 unspecified atom stereocenters. The molecule has 26 heavy (non-hydrogen) atoms. The van der Waals surface area contributed by atoms with Gasteiger partial charge in [-0.2, -0.15) is 0 Å². The van der Waals surface area contributed by atoms with Crippen LogP contribution in [0.1, 0.15) is 33.3 Å². The molecule has 0 saturated heterocycles. The summed E-state index contributed by atoms with van der Waals surface area (Å²) in [6.45, 7) is 7.30. The Labute approximate surface area is 154 Å². The largest absolute Gasteiger partial charge is 0.467 e. The van der Waals surface area contributed by atoms with Crippen molar-refractivity contribution in [1.82, 2.24) is 10.6 Å². The minimum atomic E-state index is -0.829. The van der Waals surface area contributed by atoms with Gasteiger partial charge in [0, 0.05) is 0 Å². The van der Waals surface area contributed by atoms with Crippen LogP contribution in [0.2, 0.25) is 0 Å². The summed E-state index contributed by atoms with van der Waals surface area (Å²) in [7, 11) is 1.27. The van der Waals surface area contributed by atoms with Gasteiger partial charge < -0.3 is 20.1 Å². The fourth-order valence-corrected chi connectivity index (χ4v) is 2.29. The van der Waals surface area contributed by atoms with E-state index in [2.05, 4.69) is 10.6 Å². The van der Waals surface area contributed by atoms with Gasteiger partial charge in [-0.1, -0.05) is 58.0 Å². The molecule has 2 atom stereocenters. The Bertz CT molecular complexity index is 601. The number of hydrogen-bond donors (Lipinski definition) is 2. The number of methoxy groups -OCH3 is 1. The van der Waals surface area contributed by atoms with Gasteiger partial charge in [0.2, 0.25) is 5.91 Å². The lowest BCUT2D eigenvalue weighted by Gasteiger charge is -2.25. The molecule has 0 radical (unpaired) electrons. The summed E-state index contributed by atoms with van der Waals surface area (Å²) >= 11 is 0. The minimum absolute atomic E-state index is 0.107. The predicted octanol–water partition coefficient (Wildman–Crippen LogP) is 2.25. The van der Waals surface area contributed by atoms with Gasteiger partial charge in [0.1, 0.15) is 18.7 Å². The highest BCUT2D eigenvalue weighted by atomic mass is 16.5. The summed E-state index contributed by atoms with van der Waals surface area (Å²) in [6.07, 6.45) is -0.693. The van der Waals surface area contributed by atoms with Crippen molar-refractivity contribution >= 4 is 18.0 Å². The van der Waals surface area contributed by atoms with Crippen LogP contribution in [-0.4, -0.2) is 37.2 Å². The third-order valence-electron chi connectivity index (χ3n) is 3.85. The van der Waals surface area contributed by atoms with E-state index in [4.69, 9.17) is 9.47 Å². The summed E-state index contributed by atoms with van der Waals surface area (Å²) < 4.78 is 9.88. The Morgan fingerprint density at radius 2 is 1.50 bits per heavy atom. The fourth-order valence-electron chi connectivity index (χ4n) is 2.29. The Hall–Kier alpha value is -2.57. The van der Waals surface area contributed by atoms with E-state index in [1.54, 1.807) is 27.7 Å². The van der Waals surface area contributed by atoms with E-state index in [9.17, 15) is 14.4 Å². The van der Waals surface area contributed by atoms with E-state index in [0.717, 1.165) is 5.56 Å². The minimum Gasteiger partial charge on any atom is -0.467 e. The van der Waals surface area contributed by atoms with E-state index >= 15 is 0 Å². The molecular formula is C19H28N2O5. The third kappa shape index (κ3) is 6.74. The van der Waals surface area contributed by atoms with Gasteiger partial charge in [-0.3, -0.25) is 4.79 Å². The molecule has 0 aliphatic carbocycles. The smallest absolute Gasteiger partial charge is 0.408 e. The molecule has 2 amide bonds. The SMILES string of the molecule is COC(=O)[C@@H](NC(=O)[C@@H](NC(=O)OCc1ccccc1)C(C)C)C(C)C. The molecule has 2 N–H and O–H groups in total. The van der Waals surface area contributed by atoms with E-state index in [0.29, 0.717) is 0 Å². The molecule has 0 bridgehead atoms. The summed E-state index contributed by atoms with van der Waals surface area (Å²) in [6, 6.07) is 7.63. The number of ether oxygens (including phenoxy) is 2. The highest BCUT2D eigenvalue weighted by Gasteiger charge is 2.31. The zero-order valence-electron chi connectivity index (χ0n) is 15.9. The molecule has 0 aliphatic rings. The van der Waals surface area contributed by atoms with Gasteiger partial charge in [-0.05, 0) is 17.4 Å². The van der Waals surface area contributed by atoms with Crippen molar-refractivity contribution < 1.29 is 23.9 Å². The predicted molar refractivity (Wildman–Crippen MR) is 97.2 cm³/mol. The first-order valence-electron chi connectivity index (χ1n) is 8.61. The molecule has 7 nitrogen and oxygen atoms in total. The Morgan fingerprint density at radius 3 is 2.00 bits per heavy atom.